The Hall–Kier alpha value is -0.580. The van der Waals surface area contributed by atoms with Crippen LogP contribution in [0.5, 0.6) is 0 Å². The average molecular weight is 314 g/mol. The number of alkyl halides is 1. The summed E-state index contributed by atoms with van der Waals surface area (Å²) in [5.41, 5.74) is 1.40. The van der Waals surface area contributed by atoms with Gasteiger partial charge in [-0.1, -0.05) is 6.42 Å². The molecule has 0 spiro atoms. The summed E-state index contributed by atoms with van der Waals surface area (Å²) in [4.78, 5) is 16.8. The highest BCUT2D eigenvalue weighted by molar-refractivity contribution is 7.14. The summed E-state index contributed by atoms with van der Waals surface area (Å²) in [6.07, 6.45) is 6.07. The number of nitrogens with zero attached hydrogens (tertiary/aromatic N) is 1. The quantitative estimate of drug-likeness (QED) is 0.620. The SMILES string of the molecule is O=C(c1cc2c(s1)CCCCC2)N1CCOC(CCl)C1. The highest BCUT2D eigenvalue weighted by Gasteiger charge is 2.26. The monoisotopic (exact) mass is 313 g/mol. The molecular weight excluding hydrogens is 294 g/mol. The summed E-state index contributed by atoms with van der Waals surface area (Å²) in [5.74, 6) is 0.603. The van der Waals surface area contributed by atoms with Crippen molar-refractivity contribution in [3.63, 3.8) is 0 Å². The van der Waals surface area contributed by atoms with E-state index in [1.54, 1.807) is 11.3 Å². The van der Waals surface area contributed by atoms with Crippen molar-refractivity contribution in [3.8, 4) is 0 Å². The summed E-state index contributed by atoms with van der Waals surface area (Å²) >= 11 is 7.53. The van der Waals surface area contributed by atoms with Crippen molar-refractivity contribution in [2.24, 2.45) is 0 Å². The molecular formula is C15H20ClNO2S. The van der Waals surface area contributed by atoms with Crippen LogP contribution < -0.4 is 0 Å². The van der Waals surface area contributed by atoms with E-state index in [0.717, 1.165) is 17.7 Å². The second-order valence-electron chi connectivity index (χ2n) is 5.52. The number of rotatable bonds is 2. The van der Waals surface area contributed by atoms with E-state index in [4.69, 9.17) is 16.3 Å². The molecule has 5 heteroatoms. The van der Waals surface area contributed by atoms with Crippen LogP contribution in [0.2, 0.25) is 0 Å². The predicted octanol–water partition coefficient (Wildman–Crippen LogP) is 3.10. The Kier molecular flexibility index (Phi) is 4.64. The van der Waals surface area contributed by atoms with Crippen LogP contribution in [0.15, 0.2) is 6.07 Å². The molecule has 1 saturated heterocycles. The first-order chi connectivity index (χ1) is 9.78. The molecule has 3 rings (SSSR count). The second kappa shape index (κ2) is 6.46. The predicted molar refractivity (Wildman–Crippen MR) is 81.9 cm³/mol. The number of aryl methyl sites for hydroxylation is 2. The van der Waals surface area contributed by atoms with Crippen molar-refractivity contribution >= 4 is 28.8 Å². The minimum absolute atomic E-state index is 0.0212. The van der Waals surface area contributed by atoms with E-state index in [-0.39, 0.29) is 12.0 Å². The zero-order valence-corrected chi connectivity index (χ0v) is 13.1. The lowest BCUT2D eigenvalue weighted by molar-refractivity contribution is -0.0106. The number of carbonyl (C=O) groups excluding carboxylic acids is 1. The smallest absolute Gasteiger partial charge is 0.264 e. The minimum atomic E-state index is -0.0212. The van der Waals surface area contributed by atoms with Gasteiger partial charge < -0.3 is 9.64 Å². The van der Waals surface area contributed by atoms with Gasteiger partial charge >= 0.3 is 0 Å². The van der Waals surface area contributed by atoms with Crippen LogP contribution in [0.3, 0.4) is 0 Å². The van der Waals surface area contributed by atoms with Crippen LogP contribution in [-0.2, 0) is 17.6 Å². The fraction of sp³-hybridized carbons (Fsp3) is 0.667. The second-order valence-corrected chi connectivity index (χ2v) is 6.96. The number of morpholine rings is 1. The van der Waals surface area contributed by atoms with E-state index >= 15 is 0 Å². The fourth-order valence-electron chi connectivity index (χ4n) is 2.93. The van der Waals surface area contributed by atoms with Crippen LogP contribution in [0.1, 0.15) is 39.4 Å². The molecule has 1 fully saturated rings. The van der Waals surface area contributed by atoms with Crippen molar-refractivity contribution in [3.05, 3.63) is 21.4 Å². The minimum Gasteiger partial charge on any atom is -0.373 e. The molecule has 1 aromatic heterocycles. The Bertz CT molecular complexity index is 465. The Morgan fingerprint density at radius 2 is 2.25 bits per heavy atom. The molecule has 2 aliphatic rings. The molecule has 1 unspecified atom stereocenters. The Balaban J connectivity index is 1.73. The van der Waals surface area contributed by atoms with Gasteiger partial charge in [-0.05, 0) is 37.3 Å². The molecule has 0 radical (unpaired) electrons. The third-order valence-electron chi connectivity index (χ3n) is 4.06. The topological polar surface area (TPSA) is 29.5 Å². The number of amides is 1. The maximum atomic E-state index is 12.6. The van der Waals surface area contributed by atoms with Gasteiger partial charge in [0, 0.05) is 18.0 Å². The maximum absolute atomic E-state index is 12.6. The lowest BCUT2D eigenvalue weighted by Crippen LogP contribution is -2.46. The van der Waals surface area contributed by atoms with Gasteiger partial charge in [0.15, 0.2) is 0 Å². The molecule has 0 N–H and O–H groups in total. The average Bonchev–Trinajstić information content (AvgIpc) is 2.77. The standard InChI is InChI=1S/C15H20ClNO2S/c16-9-12-10-17(6-7-19-12)15(18)14-8-11-4-2-1-3-5-13(11)20-14/h8,12H,1-7,9-10H2. The summed E-state index contributed by atoms with van der Waals surface area (Å²) in [6.45, 7) is 1.88. The molecule has 0 aromatic carbocycles. The van der Waals surface area contributed by atoms with Gasteiger partial charge in [-0.2, -0.15) is 0 Å². The zero-order valence-electron chi connectivity index (χ0n) is 11.6. The molecule has 0 bridgehead atoms. The van der Waals surface area contributed by atoms with E-state index in [2.05, 4.69) is 6.07 Å². The molecule has 110 valence electrons. The number of halogens is 1. The summed E-state index contributed by atoms with van der Waals surface area (Å²) in [5, 5.41) is 0. The number of thiophene rings is 1. The summed E-state index contributed by atoms with van der Waals surface area (Å²) in [7, 11) is 0. The Morgan fingerprint density at radius 1 is 1.40 bits per heavy atom. The van der Waals surface area contributed by atoms with Crippen LogP contribution in [0.4, 0.5) is 0 Å². The Labute approximate surface area is 128 Å². The van der Waals surface area contributed by atoms with E-state index in [0.29, 0.717) is 25.6 Å². The first-order valence-electron chi connectivity index (χ1n) is 7.36. The van der Waals surface area contributed by atoms with E-state index in [9.17, 15) is 4.79 Å². The molecule has 20 heavy (non-hydrogen) atoms. The number of hydrogen-bond donors (Lipinski definition) is 0. The van der Waals surface area contributed by atoms with Crippen LogP contribution in [0.25, 0.3) is 0 Å². The van der Waals surface area contributed by atoms with Crippen LogP contribution in [0, 0.1) is 0 Å². The van der Waals surface area contributed by atoms with Gasteiger partial charge in [0.1, 0.15) is 0 Å². The van der Waals surface area contributed by atoms with Gasteiger partial charge in [-0.25, -0.2) is 0 Å². The molecule has 0 saturated carbocycles. The summed E-state index contributed by atoms with van der Waals surface area (Å²) < 4.78 is 5.52. The fourth-order valence-corrected chi connectivity index (χ4v) is 4.33. The van der Waals surface area contributed by atoms with Crippen molar-refractivity contribution in [1.82, 2.24) is 4.90 Å². The molecule has 1 amide bonds. The molecule has 3 nitrogen and oxygen atoms in total. The molecule has 1 aromatic rings. The molecule has 1 atom stereocenters. The maximum Gasteiger partial charge on any atom is 0.264 e. The number of ether oxygens (including phenoxy) is 1. The largest absolute Gasteiger partial charge is 0.373 e. The normalized spacial score (nSPS) is 23.2. The third kappa shape index (κ3) is 3.02. The zero-order chi connectivity index (χ0) is 13.9. The van der Waals surface area contributed by atoms with E-state index in [1.165, 1.54) is 29.7 Å². The van der Waals surface area contributed by atoms with Crippen molar-refractivity contribution < 1.29 is 9.53 Å². The first kappa shape index (κ1) is 14.4. The van der Waals surface area contributed by atoms with Crippen molar-refractivity contribution in [1.29, 1.82) is 0 Å². The highest BCUT2D eigenvalue weighted by atomic mass is 35.5. The van der Waals surface area contributed by atoms with E-state index < -0.39 is 0 Å². The van der Waals surface area contributed by atoms with Gasteiger partial charge in [-0.3, -0.25) is 4.79 Å². The summed E-state index contributed by atoms with van der Waals surface area (Å²) in [6, 6.07) is 2.12. The van der Waals surface area contributed by atoms with Gasteiger partial charge in [0.2, 0.25) is 0 Å². The van der Waals surface area contributed by atoms with Crippen LogP contribution >= 0.6 is 22.9 Å². The Morgan fingerprint density at radius 3 is 3.10 bits per heavy atom. The first-order valence-corrected chi connectivity index (χ1v) is 8.71. The third-order valence-corrected chi connectivity index (χ3v) is 5.62. The number of fused-ring (bicyclic) bond motifs is 1. The van der Waals surface area contributed by atoms with Crippen LogP contribution in [-0.4, -0.2) is 42.5 Å². The number of hydrogen-bond acceptors (Lipinski definition) is 3. The van der Waals surface area contributed by atoms with Crippen molar-refractivity contribution in [2.75, 3.05) is 25.6 Å². The van der Waals surface area contributed by atoms with Gasteiger partial charge in [0.25, 0.3) is 5.91 Å². The molecule has 1 aliphatic carbocycles. The van der Waals surface area contributed by atoms with Crippen molar-refractivity contribution in [2.45, 2.75) is 38.2 Å². The lowest BCUT2D eigenvalue weighted by Gasteiger charge is -2.31. The highest BCUT2D eigenvalue weighted by Crippen LogP contribution is 2.30. The van der Waals surface area contributed by atoms with E-state index in [1.807, 2.05) is 4.90 Å². The number of carbonyl (C=O) groups is 1. The molecule has 2 heterocycles. The van der Waals surface area contributed by atoms with Gasteiger partial charge in [0.05, 0.1) is 23.5 Å². The van der Waals surface area contributed by atoms with Gasteiger partial charge in [-0.15, -0.1) is 22.9 Å². The molecule has 1 aliphatic heterocycles. The lowest BCUT2D eigenvalue weighted by atomic mass is 10.1.